The summed E-state index contributed by atoms with van der Waals surface area (Å²) >= 11 is 0. The van der Waals surface area contributed by atoms with Crippen molar-refractivity contribution in [1.82, 2.24) is 25.0 Å². The maximum absolute atomic E-state index is 12.6. The van der Waals surface area contributed by atoms with E-state index in [0.717, 1.165) is 42.8 Å². The highest BCUT2D eigenvalue weighted by molar-refractivity contribution is 5.81. The van der Waals surface area contributed by atoms with Crippen LogP contribution in [0, 0.1) is 13.8 Å². The zero-order chi connectivity index (χ0) is 18.1. The SMILES string of the molecule is CNC1CCCN(C(=O)CCc2c(C)nc3c(c2C)c(=O)[nH]n3C)C1. The molecule has 1 aliphatic heterocycles. The van der Waals surface area contributed by atoms with Gasteiger partial charge in [0.1, 0.15) is 0 Å². The Morgan fingerprint density at radius 2 is 2.16 bits per heavy atom. The first kappa shape index (κ1) is 17.7. The molecular formula is C18H27N5O2. The highest BCUT2D eigenvalue weighted by atomic mass is 16.2. The third kappa shape index (κ3) is 3.33. The highest BCUT2D eigenvalue weighted by Gasteiger charge is 2.23. The fourth-order valence-electron chi connectivity index (χ4n) is 3.85. The number of H-pyrrole nitrogens is 1. The number of pyridine rings is 1. The molecule has 3 rings (SSSR count). The van der Waals surface area contributed by atoms with Crippen LogP contribution in [0.4, 0.5) is 0 Å². The summed E-state index contributed by atoms with van der Waals surface area (Å²) in [5, 5.41) is 6.65. The average molecular weight is 345 g/mol. The van der Waals surface area contributed by atoms with Crippen LogP contribution in [0.3, 0.4) is 0 Å². The van der Waals surface area contributed by atoms with E-state index in [-0.39, 0.29) is 11.5 Å². The second-order valence-corrected chi connectivity index (χ2v) is 6.97. The van der Waals surface area contributed by atoms with Gasteiger partial charge >= 0.3 is 0 Å². The number of carbonyl (C=O) groups excluding carboxylic acids is 1. The number of aromatic nitrogens is 3. The van der Waals surface area contributed by atoms with E-state index in [1.54, 1.807) is 11.7 Å². The van der Waals surface area contributed by atoms with Gasteiger partial charge in [0.15, 0.2) is 5.65 Å². The second-order valence-electron chi connectivity index (χ2n) is 6.97. The molecule has 0 bridgehead atoms. The van der Waals surface area contributed by atoms with Gasteiger partial charge in [-0.25, -0.2) is 4.98 Å². The van der Waals surface area contributed by atoms with E-state index in [4.69, 9.17) is 0 Å². The predicted molar refractivity (Wildman–Crippen MR) is 97.8 cm³/mol. The molecule has 0 aliphatic carbocycles. The minimum atomic E-state index is -0.122. The summed E-state index contributed by atoms with van der Waals surface area (Å²) in [6.45, 7) is 5.51. The van der Waals surface area contributed by atoms with Crippen molar-refractivity contribution >= 4 is 16.9 Å². The summed E-state index contributed by atoms with van der Waals surface area (Å²) in [5.74, 6) is 0.181. The molecular weight excluding hydrogens is 318 g/mol. The van der Waals surface area contributed by atoms with Crippen molar-refractivity contribution < 1.29 is 4.79 Å². The molecule has 0 saturated carbocycles. The van der Waals surface area contributed by atoms with Crippen molar-refractivity contribution in [2.24, 2.45) is 7.05 Å². The second kappa shape index (κ2) is 7.00. The summed E-state index contributed by atoms with van der Waals surface area (Å²) < 4.78 is 1.65. The normalized spacial score (nSPS) is 18.1. The van der Waals surface area contributed by atoms with Crippen LogP contribution in [0.5, 0.6) is 0 Å². The molecule has 1 saturated heterocycles. The molecule has 0 radical (unpaired) electrons. The molecule has 2 N–H and O–H groups in total. The standard InChI is InChI=1S/C18H27N5O2/c1-11-14(12(2)20-17-16(11)18(25)21-22(17)4)7-8-15(24)23-9-5-6-13(10-23)19-3/h13,19H,5-10H2,1-4H3,(H,21,25). The zero-order valence-corrected chi connectivity index (χ0v) is 15.5. The first-order valence-corrected chi connectivity index (χ1v) is 8.92. The largest absolute Gasteiger partial charge is 0.341 e. The third-order valence-corrected chi connectivity index (χ3v) is 5.35. The van der Waals surface area contributed by atoms with E-state index >= 15 is 0 Å². The number of hydrogen-bond donors (Lipinski definition) is 2. The Hall–Kier alpha value is -2.15. The van der Waals surface area contributed by atoms with Gasteiger partial charge < -0.3 is 10.2 Å². The Morgan fingerprint density at radius 3 is 2.88 bits per heavy atom. The number of likely N-dealkylation sites (N-methyl/N-ethyl adjacent to an activating group) is 1. The average Bonchev–Trinajstić information content (AvgIpc) is 2.88. The molecule has 1 atom stereocenters. The number of likely N-dealkylation sites (tertiary alicyclic amines) is 1. The van der Waals surface area contributed by atoms with Crippen molar-refractivity contribution in [2.75, 3.05) is 20.1 Å². The maximum atomic E-state index is 12.6. The molecule has 7 nitrogen and oxygen atoms in total. The molecule has 2 aromatic rings. The molecule has 7 heteroatoms. The molecule has 0 spiro atoms. The van der Waals surface area contributed by atoms with E-state index in [2.05, 4.69) is 15.4 Å². The number of nitrogens with zero attached hydrogens (tertiary/aromatic N) is 3. The number of hydrogen-bond acceptors (Lipinski definition) is 4. The van der Waals surface area contributed by atoms with Gasteiger partial charge in [0, 0.05) is 38.3 Å². The number of nitrogens with one attached hydrogen (secondary N) is 2. The lowest BCUT2D eigenvalue weighted by Gasteiger charge is -2.32. The number of aryl methyl sites for hydroxylation is 3. The summed E-state index contributed by atoms with van der Waals surface area (Å²) in [5.41, 5.74) is 3.38. The van der Waals surface area contributed by atoms with Gasteiger partial charge in [-0.2, -0.15) is 0 Å². The van der Waals surface area contributed by atoms with Crippen molar-refractivity contribution in [2.45, 2.75) is 45.6 Å². The molecule has 25 heavy (non-hydrogen) atoms. The lowest BCUT2D eigenvalue weighted by Crippen LogP contribution is -2.47. The quantitative estimate of drug-likeness (QED) is 0.867. The molecule has 1 aliphatic rings. The topological polar surface area (TPSA) is 83.0 Å². The van der Waals surface area contributed by atoms with Gasteiger partial charge in [0.25, 0.3) is 5.56 Å². The van der Waals surface area contributed by atoms with Crippen LogP contribution in [-0.4, -0.2) is 51.8 Å². The van der Waals surface area contributed by atoms with Crippen LogP contribution in [0.25, 0.3) is 11.0 Å². The first-order chi connectivity index (χ1) is 11.9. The van der Waals surface area contributed by atoms with Crippen LogP contribution < -0.4 is 10.9 Å². The number of piperidine rings is 1. The Kier molecular flexibility index (Phi) is 4.94. The lowest BCUT2D eigenvalue weighted by atomic mass is 9.99. The molecule has 1 fully saturated rings. The van der Waals surface area contributed by atoms with Crippen molar-refractivity contribution in [3.8, 4) is 0 Å². The Labute approximate surface area is 147 Å². The molecule has 0 aromatic carbocycles. The predicted octanol–water partition coefficient (Wildman–Crippen LogP) is 1.02. The number of fused-ring (bicyclic) bond motifs is 1. The number of rotatable bonds is 4. The van der Waals surface area contributed by atoms with E-state index in [0.29, 0.717) is 29.9 Å². The first-order valence-electron chi connectivity index (χ1n) is 8.92. The minimum absolute atomic E-state index is 0.122. The van der Waals surface area contributed by atoms with E-state index in [1.165, 1.54) is 0 Å². The highest BCUT2D eigenvalue weighted by Crippen LogP contribution is 2.21. The molecule has 3 heterocycles. The lowest BCUT2D eigenvalue weighted by molar-refractivity contribution is -0.132. The van der Waals surface area contributed by atoms with Gasteiger partial charge in [-0.1, -0.05) is 0 Å². The van der Waals surface area contributed by atoms with Crippen LogP contribution in [0.1, 0.15) is 36.1 Å². The fraction of sp³-hybridized carbons (Fsp3) is 0.611. The van der Waals surface area contributed by atoms with Crippen LogP contribution in [0.15, 0.2) is 4.79 Å². The van der Waals surface area contributed by atoms with Gasteiger partial charge in [-0.15, -0.1) is 0 Å². The summed E-state index contributed by atoms with van der Waals surface area (Å²) in [6, 6.07) is 0.391. The monoisotopic (exact) mass is 345 g/mol. The summed E-state index contributed by atoms with van der Waals surface area (Å²) in [4.78, 5) is 31.3. The van der Waals surface area contributed by atoms with Gasteiger partial charge in [0.2, 0.25) is 5.91 Å². The van der Waals surface area contributed by atoms with Crippen LogP contribution in [-0.2, 0) is 18.3 Å². The van der Waals surface area contributed by atoms with Gasteiger partial charge in [-0.05, 0) is 51.3 Å². The van der Waals surface area contributed by atoms with Gasteiger partial charge in [-0.3, -0.25) is 19.4 Å². The Morgan fingerprint density at radius 1 is 1.40 bits per heavy atom. The molecule has 2 aromatic heterocycles. The zero-order valence-electron chi connectivity index (χ0n) is 15.5. The smallest absolute Gasteiger partial charge is 0.273 e. The van der Waals surface area contributed by atoms with E-state index in [9.17, 15) is 9.59 Å². The van der Waals surface area contributed by atoms with Gasteiger partial charge in [0.05, 0.1) is 5.39 Å². The number of amides is 1. The number of aromatic amines is 1. The minimum Gasteiger partial charge on any atom is -0.341 e. The van der Waals surface area contributed by atoms with Crippen LogP contribution >= 0.6 is 0 Å². The van der Waals surface area contributed by atoms with Crippen LogP contribution in [0.2, 0.25) is 0 Å². The summed E-state index contributed by atoms with van der Waals surface area (Å²) in [6.07, 6.45) is 3.24. The molecule has 136 valence electrons. The Bertz CT molecular complexity index is 851. The summed E-state index contributed by atoms with van der Waals surface area (Å²) in [7, 11) is 3.73. The van der Waals surface area contributed by atoms with Crippen molar-refractivity contribution in [3.63, 3.8) is 0 Å². The van der Waals surface area contributed by atoms with Crippen molar-refractivity contribution in [1.29, 1.82) is 0 Å². The number of carbonyl (C=O) groups is 1. The van der Waals surface area contributed by atoms with Crippen molar-refractivity contribution in [3.05, 3.63) is 27.2 Å². The Balaban J connectivity index is 1.78. The maximum Gasteiger partial charge on any atom is 0.273 e. The fourth-order valence-corrected chi connectivity index (χ4v) is 3.85. The van der Waals surface area contributed by atoms with E-state index < -0.39 is 0 Å². The third-order valence-electron chi connectivity index (χ3n) is 5.35. The molecule has 1 amide bonds. The molecule has 1 unspecified atom stereocenters. The van der Waals surface area contributed by atoms with E-state index in [1.807, 2.05) is 25.8 Å².